The number of hydrogen-bond acceptors (Lipinski definition) is 2. The van der Waals surface area contributed by atoms with E-state index in [0.717, 1.165) is 12.3 Å². The Kier molecular flexibility index (Phi) is 9.90. The van der Waals surface area contributed by atoms with Crippen molar-refractivity contribution >= 4 is 5.97 Å². The summed E-state index contributed by atoms with van der Waals surface area (Å²) >= 11 is 0. The predicted octanol–water partition coefficient (Wildman–Crippen LogP) is 7.73. The Hall–Kier alpha value is -0.670. The van der Waals surface area contributed by atoms with Gasteiger partial charge in [0.25, 0.3) is 0 Å². The Morgan fingerprint density at radius 2 is 1.47 bits per heavy atom. The van der Waals surface area contributed by atoms with Crippen LogP contribution in [0.2, 0.25) is 0 Å². The summed E-state index contributed by atoms with van der Waals surface area (Å²) in [5, 5.41) is 0. The van der Waals surface area contributed by atoms with Gasteiger partial charge in [-0.25, -0.2) is 8.78 Å². The third-order valence-corrected chi connectivity index (χ3v) is 8.28. The predicted molar refractivity (Wildman–Crippen MR) is 118 cm³/mol. The van der Waals surface area contributed by atoms with Gasteiger partial charge in [-0.05, 0) is 75.5 Å². The Bertz CT molecular complexity index is 495. The van der Waals surface area contributed by atoms with Gasteiger partial charge in [-0.15, -0.1) is 0 Å². The lowest BCUT2D eigenvalue weighted by atomic mass is 9.68. The van der Waals surface area contributed by atoms with Crippen LogP contribution in [0.1, 0.15) is 116 Å². The number of esters is 1. The zero-order valence-electron chi connectivity index (χ0n) is 19.1. The smallest absolute Gasteiger partial charge is 0.312 e. The van der Waals surface area contributed by atoms with Crippen molar-refractivity contribution in [3.8, 4) is 0 Å². The van der Waals surface area contributed by atoms with E-state index >= 15 is 0 Å². The average Bonchev–Trinajstić information content (AvgIpc) is 2.75. The van der Waals surface area contributed by atoms with E-state index in [1.165, 1.54) is 64.2 Å². The highest BCUT2D eigenvalue weighted by molar-refractivity contribution is 5.73. The molecule has 0 aliphatic heterocycles. The number of halogens is 2. The van der Waals surface area contributed by atoms with Crippen molar-refractivity contribution in [2.24, 2.45) is 23.7 Å². The second-order valence-corrected chi connectivity index (χ2v) is 10.5. The summed E-state index contributed by atoms with van der Waals surface area (Å²) in [6.07, 6.45) is 15.5. The minimum atomic E-state index is -1.06. The maximum atomic E-state index is 14.9. The quantitative estimate of drug-likeness (QED) is 0.278. The Labute approximate surface area is 182 Å². The summed E-state index contributed by atoms with van der Waals surface area (Å²) in [5.41, 5.74) is 0. The average molecular weight is 427 g/mol. The number of unbranched alkanes of at least 4 members (excludes halogenated alkanes) is 4. The Morgan fingerprint density at radius 3 is 2.13 bits per heavy atom. The molecule has 0 N–H and O–H groups in total. The van der Waals surface area contributed by atoms with Gasteiger partial charge < -0.3 is 4.74 Å². The summed E-state index contributed by atoms with van der Waals surface area (Å²) in [4.78, 5) is 12.5. The van der Waals surface area contributed by atoms with Crippen LogP contribution in [-0.4, -0.2) is 24.4 Å². The van der Waals surface area contributed by atoms with Crippen LogP contribution < -0.4 is 0 Å². The SMILES string of the molecule is CCCCCCCC1CCC(C2CCC(C(=O)OC3CCC(F)CC3)C(F)C2)CC1. The van der Waals surface area contributed by atoms with Gasteiger partial charge >= 0.3 is 5.97 Å². The summed E-state index contributed by atoms with van der Waals surface area (Å²) in [6.45, 7) is 2.26. The lowest BCUT2D eigenvalue weighted by Gasteiger charge is -2.39. The Balaban J connectivity index is 1.34. The van der Waals surface area contributed by atoms with E-state index in [4.69, 9.17) is 4.74 Å². The molecule has 3 unspecified atom stereocenters. The molecule has 2 nitrogen and oxygen atoms in total. The van der Waals surface area contributed by atoms with Crippen LogP contribution in [0.4, 0.5) is 8.78 Å². The van der Waals surface area contributed by atoms with E-state index < -0.39 is 18.3 Å². The van der Waals surface area contributed by atoms with Crippen LogP contribution in [0.3, 0.4) is 0 Å². The fraction of sp³-hybridized carbons (Fsp3) is 0.962. The molecule has 3 atom stereocenters. The van der Waals surface area contributed by atoms with Gasteiger partial charge in [-0.2, -0.15) is 0 Å². The highest BCUT2D eigenvalue weighted by atomic mass is 19.1. The minimum Gasteiger partial charge on any atom is -0.462 e. The molecule has 0 heterocycles. The molecular formula is C26H44F2O2. The molecule has 3 fully saturated rings. The van der Waals surface area contributed by atoms with E-state index in [1.807, 2.05) is 0 Å². The van der Waals surface area contributed by atoms with Crippen LogP contribution >= 0.6 is 0 Å². The summed E-state index contributed by atoms with van der Waals surface area (Å²) in [5.74, 6) is 1.02. The standard InChI is InChI=1S/C26H44F2O2/c1-2-3-4-5-6-7-19-8-10-20(11-9-19)21-12-17-24(25(28)18-21)26(29)30-23-15-13-22(27)14-16-23/h19-25H,2-18H2,1H3. The first-order valence-corrected chi connectivity index (χ1v) is 13.1. The van der Waals surface area contributed by atoms with E-state index in [-0.39, 0.29) is 12.1 Å². The van der Waals surface area contributed by atoms with Crippen molar-refractivity contribution in [3.05, 3.63) is 0 Å². The fourth-order valence-corrected chi connectivity index (χ4v) is 6.22. The lowest BCUT2D eigenvalue weighted by Crippen LogP contribution is -2.38. The van der Waals surface area contributed by atoms with Crippen molar-refractivity contribution in [3.63, 3.8) is 0 Å². The molecule has 0 radical (unpaired) electrons. The molecule has 0 aromatic heterocycles. The third kappa shape index (κ3) is 7.19. The number of hydrogen-bond donors (Lipinski definition) is 0. The molecule has 0 spiro atoms. The maximum Gasteiger partial charge on any atom is 0.312 e. The first-order valence-electron chi connectivity index (χ1n) is 13.1. The summed E-state index contributed by atoms with van der Waals surface area (Å²) in [7, 11) is 0. The molecule has 174 valence electrons. The van der Waals surface area contributed by atoms with E-state index in [0.29, 0.717) is 50.4 Å². The minimum absolute atomic E-state index is 0.202. The van der Waals surface area contributed by atoms with Gasteiger partial charge in [0.1, 0.15) is 18.4 Å². The molecule has 3 rings (SSSR count). The first kappa shape index (κ1) is 24.0. The number of rotatable bonds is 9. The largest absolute Gasteiger partial charge is 0.462 e. The van der Waals surface area contributed by atoms with Crippen LogP contribution in [0.25, 0.3) is 0 Å². The van der Waals surface area contributed by atoms with Gasteiger partial charge in [0.2, 0.25) is 0 Å². The van der Waals surface area contributed by atoms with Gasteiger partial charge in [-0.3, -0.25) is 4.79 Å². The third-order valence-electron chi connectivity index (χ3n) is 8.28. The summed E-state index contributed by atoms with van der Waals surface area (Å²) in [6, 6.07) is 0. The van der Waals surface area contributed by atoms with Crippen molar-refractivity contribution in [1.29, 1.82) is 0 Å². The topological polar surface area (TPSA) is 26.3 Å². The zero-order chi connectivity index (χ0) is 21.3. The molecule has 0 saturated heterocycles. The summed E-state index contributed by atoms with van der Waals surface area (Å²) < 4.78 is 33.7. The van der Waals surface area contributed by atoms with Crippen LogP contribution in [0.5, 0.6) is 0 Å². The Morgan fingerprint density at radius 1 is 0.800 bits per heavy atom. The van der Waals surface area contributed by atoms with Gasteiger partial charge in [0.05, 0.1) is 5.92 Å². The second kappa shape index (κ2) is 12.4. The number of alkyl halides is 2. The maximum absolute atomic E-state index is 14.9. The van der Waals surface area contributed by atoms with Gasteiger partial charge in [-0.1, -0.05) is 58.3 Å². The van der Waals surface area contributed by atoms with Crippen LogP contribution in [-0.2, 0) is 9.53 Å². The molecular weight excluding hydrogens is 382 g/mol. The highest BCUT2D eigenvalue weighted by Crippen LogP contribution is 2.43. The fourth-order valence-electron chi connectivity index (χ4n) is 6.22. The molecule has 0 aromatic rings. The normalized spacial score (nSPS) is 37.6. The number of carbonyl (C=O) groups is 1. The first-order chi connectivity index (χ1) is 14.6. The molecule has 3 aliphatic carbocycles. The monoisotopic (exact) mass is 426 g/mol. The van der Waals surface area contributed by atoms with Crippen LogP contribution in [0, 0.1) is 23.7 Å². The highest BCUT2D eigenvalue weighted by Gasteiger charge is 2.40. The van der Waals surface area contributed by atoms with E-state index in [2.05, 4.69) is 6.92 Å². The molecule has 3 aliphatic rings. The molecule has 0 bridgehead atoms. The van der Waals surface area contributed by atoms with Gasteiger partial charge in [0.15, 0.2) is 0 Å². The van der Waals surface area contributed by atoms with E-state index in [1.54, 1.807) is 0 Å². The van der Waals surface area contributed by atoms with Crippen molar-refractivity contribution in [1.82, 2.24) is 0 Å². The molecule has 0 aromatic carbocycles. The molecule has 4 heteroatoms. The number of ether oxygens (including phenoxy) is 1. The number of carbonyl (C=O) groups excluding carboxylic acids is 1. The van der Waals surface area contributed by atoms with Crippen molar-refractivity contribution in [2.45, 2.75) is 135 Å². The molecule has 0 amide bonds. The molecule has 30 heavy (non-hydrogen) atoms. The van der Waals surface area contributed by atoms with Crippen molar-refractivity contribution < 1.29 is 18.3 Å². The van der Waals surface area contributed by atoms with Crippen molar-refractivity contribution in [2.75, 3.05) is 0 Å². The van der Waals surface area contributed by atoms with Crippen LogP contribution in [0.15, 0.2) is 0 Å². The lowest BCUT2D eigenvalue weighted by molar-refractivity contribution is -0.160. The second-order valence-electron chi connectivity index (χ2n) is 10.5. The zero-order valence-corrected chi connectivity index (χ0v) is 19.1. The molecule has 3 saturated carbocycles. The van der Waals surface area contributed by atoms with Gasteiger partial charge in [0, 0.05) is 0 Å². The van der Waals surface area contributed by atoms with E-state index in [9.17, 15) is 13.6 Å².